The fourth-order valence-electron chi connectivity index (χ4n) is 9.19. The van der Waals surface area contributed by atoms with Crippen molar-refractivity contribution in [2.24, 2.45) is 0 Å². The molecule has 0 saturated heterocycles. The molecule has 0 aromatic heterocycles. The molecule has 0 aromatic carbocycles. The van der Waals surface area contributed by atoms with Gasteiger partial charge in [0.05, 0.1) is 25.2 Å². The van der Waals surface area contributed by atoms with E-state index in [4.69, 9.17) is 4.74 Å². The molecule has 0 aromatic rings. The quantitative estimate of drug-likeness (QED) is 0.0321. The van der Waals surface area contributed by atoms with Crippen molar-refractivity contribution in [1.82, 2.24) is 5.32 Å². The first-order chi connectivity index (χ1) is 31.5. The van der Waals surface area contributed by atoms with Crippen LogP contribution in [0.25, 0.3) is 0 Å². The maximum atomic E-state index is 13.3. The van der Waals surface area contributed by atoms with Crippen molar-refractivity contribution in [3.8, 4) is 0 Å². The lowest BCUT2D eigenvalue weighted by Gasteiger charge is -2.24. The van der Waals surface area contributed by atoms with Crippen LogP contribution in [-0.2, 0) is 14.3 Å². The van der Waals surface area contributed by atoms with E-state index in [1.165, 1.54) is 218 Å². The summed E-state index contributed by atoms with van der Waals surface area (Å²) in [6.07, 6.45) is 59.9. The number of hydrogen-bond acceptors (Lipinski definition) is 5. The number of aliphatic hydroxyl groups excluding tert-OH is 2. The van der Waals surface area contributed by atoms with Gasteiger partial charge < -0.3 is 20.3 Å². The van der Waals surface area contributed by atoms with E-state index < -0.39 is 18.2 Å². The van der Waals surface area contributed by atoms with Crippen LogP contribution in [0.5, 0.6) is 0 Å². The van der Waals surface area contributed by atoms with Crippen LogP contribution in [0.3, 0.4) is 0 Å². The van der Waals surface area contributed by atoms with Gasteiger partial charge in [-0.05, 0) is 51.4 Å². The molecule has 0 fully saturated rings. The summed E-state index contributed by atoms with van der Waals surface area (Å²) >= 11 is 0. The number of amides is 1. The molecule has 0 aliphatic rings. The van der Waals surface area contributed by atoms with E-state index in [9.17, 15) is 19.8 Å². The largest absolute Gasteiger partial charge is 0.462 e. The van der Waals surface area contributed by atoms with Crippen LogP contribution >= 0.6 is 0 Å². The lowest BCUT2D eigenvalue weighted by Crippen LogP contribution is -2.46. The number of allylic oxidation sites excluding steroid dienone is 2. The molecule has 380 valence electrons. The molecule has 3 atom stereocenters. The zero-order valence-electron chi connectivity index (χ0n) is 43.4. The number of carbonyl (C=O) groups is 2. The Morgan fingerprint density at radius 3 is 1.11 bits per heavy atom. The van der Waals surface area contributed by atoms with E-state index in [1.807, 2.05) is 0 Å². The van der Waals surface area contributed by atoms with Gasteiger partial charge in [-0.1, -0.05) is 270 Å². The first kappa shape index (κ1) is 62.6. The number of esters is 1. The number of nitrogens with one attached hydrogen (secondary N) is 1. The second-order valence-electron chi connectivity index (χ2n) is 20.1. The summed E-state index contributed by atoms with van der Waals surface area (Å²) in [6, 6.07) is -0.698. The highest BCUT2D eigenvalue weighted by Crippen LogP contribution is 2.19. The van der Waals surface area contributed by atoms with Crippen LogP contribution in [0, 0.1) is 0 Å². The summed E-state index contributed by atoms with van der Waals surface area (Å²) in [6.45, 7) is 6.52. The summed E-state index contributed by atoms with van der Waals surface area (Å²) < 4.78 is 5.96. The van der Waals surface area contributed by atoms with Crippen molar-refractivity contribution in [2.75, 3.05) is 6.61 Å². The van der Waals surface area contributed by atoms with E-state index in [0.717, 1.165) is 57.8 Å². The number of unbranched alkanes of at least 4 members (excludes halogenated alkanes) is 39. The highest BCUT2D eigenvalue weighted by atomic mass is 16.5. The SMILES string of the molecule is CCCCCCCC/C=C/CCCCCCCC(CC(=O)NC(CO)C(O)CCCCCCCCCCCCCCC)OC(=O)CCCCCCCCCCCCCCCCCCC. The van der Waals surface area contributed by atoms with Crippen LogP contribution in [0.2, 0.25) is 0 Å². The molecule has 0 rings (SSSR count). The maximum absolute atomic E-state index is 13.3. The van der Waals surface area contributed by atoms with Gasteiger partial charge in [-0.25, -0.2) is 0 Å². The Morgan fingerprint density at radius 1 is 0.438 bits per heavy atom. The maximum Gasteiger partial charge on any atom is 0.306 e. The average molecular weight is 905 g/mol. The summed E-state index contributed by atoms with van der Waals surface area (Å²) in [5, 5.41) is 23.9. The van der Waals surface area contributed by atoms with Gasteiger partial charge in [0.15, 0.2) is 0 Å². The molecule has 1 amide bonds. The van der Waals surface area contributed by atoms with Gasteiger partial charge in [0.25, 0.3) is 0 Å². The zero-order valence-corrected chi connectivity index (χ0v) is 43.4. The number of ether oxygens (including phenoxy) is 1. The van der Waals surface area contributed by atoms with E-state index in [0.29, 0.717) is 19.3 Å². The van der Waals surface area contributed by atoms with Crippen molar-refractivity contribution in [2.45, 2.75) is 341 Å². The van der Waals surface area contributed by atoms with Gasteiger partial charge in [0.2, 0.25) is 5.91 Å². The molecule has 0 saturated carbocycles. The Hall–Kier alpha value is -1.40. The minimum absolute atomic E-state index is 0.0795. The topological polar surface area (TPSA) is 95.9 Å². The van der Waals surface area contributed by atoms with Crippen molar-refractivity contribution in [1.29, 1.82) is 0 Å². The monoisotopic (exact) mass is 904 g/mol. The van der Waals surface area contributed by atoms with Crippen LogP contribution in [-0.4, -0.2) is 46.9 Å². The van der Waals surface area contributed by atoms with Crippen LogP contribution < -0.4 is 5.32 Å². The fourth-order valence-corrected chi connectivity index (χ4v) is 9.19. The highest BCUT2D eigenvalue weighted by Gasteiger charge is 2.24. The Balaban J connectivity index is 4.51. The predicted octanol–water partition coefficient (Wildman–Crippen LogP) is 17.7. The van der Waals surface area contributed by atoms with Gasteiger partial charge >= 0.3 is 5.97 Å². The smallest absolute Gasteiger partial charge is 0.306 e. The lowest BCUT2D eigenvalue weighted by atomic mass is 10.0. The Labute approximate surface area is 399 Å². The average Bonchev–Trinajstić information content (AvgIpc) is 3.29. The first-order valence-corrected chi connectivity index (χ1v) is 28.9. The summed E-state index contributed by atoms with van der Waals surface area (Å²) in [4.78, 5) is 26.3. The van der Waals surface area contributed by atoms with Crippen LogP contribution in [0.15, 0.2) is 12.2 Å². The van der Waals surface area contributed by atoms with E-state index in [2.05, 4.69) is 38.2 Å². The van der Waals surface area contributed by atoms with Crippen LogP contribution in [0.4, 0.5) is 0 Å². The minimum atomic E-state index is -0.784. The normalized spacial score (nSPS) is 13.1. The molecule has 6 heteroatoms. The number of carbonyl (C=O) groups excluding carboxylic acids is 2. The molecular formula is C58H113NO5. The van der Waals surface area contributed by atoms with E-state index in [-0.39, 0.29) is 24.9 Å². The Morgan fingerprint density at radius 2 is 0.750 bits per heavy atom. The van der Waals surface area contributed by atoms with Crippen LogP contribution in [0.1, 0.15) is 323 Å². The molecule has 0 aliphatic carbocycles. The number of rotatable bonds is 53. The molecule has 3 N–H and O–H groups in total. The molecule has 3 unspecified atom stereocenters. The third-order valence-electron chi connectivity index (χ3n) is 13.6. The molecule has 0 aliphatic heterocycles. The van der Waals surface area contributed by atoms with Gasteiger partial charge in [-0.15, -0.1) is 0 Å². The Bertz CT molecular complexity index is 970. The summed E-state index contributed by atoms with van der Waals surface area (Å²) in [5.74, 6) is -0.459. The van der Waals surface area contributed by atoms with Crippen molar-refractivity contribution in [3.63, 3.8) is 0 Å². The number of hydrogen-bond donors (Lipinski definition) is 3. The van der Waals surface area contributed by atoms with Gasteiger partial charge in [-0.3, -0.25) is 9.59 Å². The molecular weight excluding hydrogens is 791 g/mol. The number of aliphatic hydroxyl groups is 2. The van der Waals surface area contributed by atoms with Gasteiger partial charge in [-0.2, -0.15) is 0 Å². The second kappa shape index (κ2) is 52.6. The van der Waals surface area contributed by atoms with Crippen molar-refractivity contribution < 1.29 is 24.5 Å². The molecule has 0 spiro atoms. The molecule has 64 heavy (non-hydrogen) atoms. The second-order valence-corrected chi connectivity index (χ2v) is 20.1. The van der Waals surface area contributed by atoms with Gasteiger partial charge in [0.1, 0.15) is 6.10 Å². The van der Waals surface area contributed by atoms with Gasteiger partial charge in [0, 0.05) is 6.42 Å². The predicted molar refractivity (Wildman–Crippen MR) is 278 cm³/mol. The van der Waals surface area contributed by atoms with E-state index >= 15 is 0 Å². The minimum Gasteiger partial charge on any atom is -0.462 e. The zero-order chi connectivity index (χ0) is 46.7. The molecule has 6 nitrogen and oxygen atoms in total. The van der Waals surface area contributed by atoms with Crippen molar-refractivity contribution in [3.05, 3.63) is 12.2 Å². The fraction of sp³-hybridized carbons (Fsp3) is 0.931. The first-order valence-electron chi connectivity index (χ1n) is 28.9. The van der Waals surface area contributed by atoms with Crippen molar-refractivity contribution >= 4 is 11.9 Å². The standard InChI is InChI=1S/C58H113NO5/c1-4-7-10-13-16-19-22-25-27-28-30-33-36-39-42-45-48-51-58(63)64-54(49-46-43-40-37-34-32-29-26-23-20-17-14-11-8-5-2)52-57(62)59-55(53-60)56(61)50-47-44-41-38-35-31-24-21-18-15-12-9-6-3/h26,29,54-56,60-61H,4-25,27-28,30-53H2,1-3H3,(H,59,62)/b29-26+. The third kappa shape index (κ3) is 47.1. The van der Waals surface area contributed by atoms with E-state index in [1.54, 1.807) is 0 Å². The Kier molecular flexibility index (Phi) is 51.4. The summed E-state index contributed by atoms with van der Waals surface area (Å²) in [5.41, 5.74) is 0. The highest BCUT2D eigenvalue weighted by molar-refractivity contribution is 5.77. The molecule has 0 heterocycles. The summed E-state index contributed by atoms with van der Waals surface area (Å²) in [7, 11) is 0. The molecule has 0 bridgehead atoms. The molecule has 0 radical (unpaired) electrons. The third-order valence-corrected chi connectivity index (χ3v) is 13.6. The lowest BCUT2D eigenvalue weighted by molar-refractivity contribution is -0.151.